The monoisotopic (exact) mass is 402 g/mol. The zero-order valence-electron chi connectivity index (χ0n) is 16.2. The van der Waals surface area contributed by atoms with Crippen LogP contribution in [0.5, 0.6) is 0 Å². The first-order valence-electron chi connectivity index (χ1n) is 9.77. The van der Waals surface area contributed by atoms with Crippen molar-refractivity contribution in [1.82, 2.24) is 10.3 Å². The fourth-order valence-corrected chi connectivity index (χ4v) is 3.92. The normalized spacial score (nSPS) is 13.2. The second-order valence-corrected chi connectivity index (χ2v) is 7.73. The van der Waals surface area contributed by atoms with Gasteiger partial charge in [0.2, 0.25) is 5.91 Å². The highest BCUT2D eigenvalue weighted by Gasteiger charge is 2.22. The van der Waals surface area contributed by atoms with Gasteiger partial charge in [-0.05, 0) is 41.8 Å². The molecule has 2 N–H and O–H groups in total. The molecule has 0 fully saturated rings. The Morgan fingerprint density at radius 3 is 2.38 bits per heavy atom. The fourth-order valence-electron chi connectivity index (χ4n) is 3.80. The minimum atomic E-state index is -0.0635. The molecule has 146 valence electrons. The van der Waals surface area contributed by atoms with Gasteiger partial charge in [0.1, 0.15) is 0 Å². The SMILES string of the molecule is C[C@H](NC(=O)C[C@@H](c1ccc(Cl)cc1)c1c[nH]c2ccccc12)c1ccccc1. The van der Waals surface area contributed by atoms with E-state index in [0.717, 1.165) is 27.6 Å². The molecule has 1 heterocycles. The molecule has 3 aromatic carbocycles. The number of rotatable bonds is 6. The maximum atomic E-state index is 13.0. The summed E-state index contributed by atoms with van der Waals surface area (Å²) in [6.45, 7) is 2.01. The third kappa shape index (κ3) is 4.36. The standard InChI is InChI=1S/C25H23ClN2O/c1-17(18-7-3-2-4-8-18)28-25(29)15-22(19-11-13-20(26)14-12-19)23-16-27-24-10-6-5-9-21(23)24/h2-14,16-17,22,27H,15H2,1H3,(H,28,29)/t17-,22-/m0/s1. The van der Waals surface area contributed by atoms with Gasteiger partial charge in [0.15, 0.2) is 0 Å². The van der Waals surface area contributed by atoms with Crippen LogP contribution in [0.4, 0.5) is 0 Å². The lowest BCUT2D eigenvalue weighted by molar-refractivity contribution is -0.121. The Morgan fingerprint density at radius 2 is 1.62 bits per heavy atom. The van der Waals surface area contributed by atoms with Crippen molar-refractivity contribution in [3.8, 4) is 0 Å². The highest BCUT2D eigenvalue weighted by Crippen LogP contribution is 2.34. The number of aromatic nitrogens is 1. The van der Waals surface area contributed by atoms with Crippen molar-refractivity contribution in [3.63, 3.8) is 0 Å². The van der Waals surface area contributed by atoms with Gasteiger partial charge in [-0.15, -0.1) is 0 Å². The summed E-state index contributed by atoms with van der Waals surface area (Å²) in [5, 5.41) is 4.97. The van der Waals surface area contributed by atoms with Crippen LogP contribution in [-0.2, 0) is 4.79 Å². The summed E-state index contributed by atoms with van der Waals surface area (Å²) < 4.78 is 0. The Hall–Kier alpha value is -3.04. The van der Waals surface area contributed by atoms with Crippen molar-refractivity contribution in [3.05, 3.63) is 107 Å². The van der Waals surface area contributed by atoms with Crippen LogP contribution in [-0.4, -0.2) is 10.9 Å². The molecule has 0 aliphatic heterocycles. The quantitative estimate of drug-likeness (QED) is 0.395. The first-order chi connectivity index (χ1) is 14.1. The number of aromatic amines is 1. The largest absolute Gasteiger partial charge is 0.361 e. The van der Waals surface area contributed by atoms with Crippen molar-refractivity contribution < 1.29 is 4.79 Å². The van der Waals surface area contributed by atoms with E-state index in [1.165, 1.54) is 0 Å². The lowest BCUT2D eigenvalue weighted by Crippen LogP contribution is -2.28. The molecule has 1 aromatic heterocycles. The predicted octanol–water partition coefficient (Wildman–Crippen LogP) is 6.22. The van der Waals surface area contributed by atoms with Gasteiger partial charge in [-0.2, -0.15) is 0 Å². The average Bonchev–Trinajstić information content (AvgIpc) is 3.17. The molecule has 2 atom stereocenters. The fraction of sp³-hybridized carbons (Fsp3) is 0.160. The first kappa shape index (κ1) is 19.3. The predicted molar refractivity (Wildman–Crippen MR) is 119 cm³/mol. The molecule has 4 aromatic rings. The lowest BCUT2D eigenvalue weighted by atomic mass is 9.88. The zero-order chi connectivity index (χ0) is 20.2. The van der Waals surface area contributed by atoms with Gasteiger partial charge >= 0.3 is 0 Å². The first-order valence-corrected chi connectivity index (χ1v) is 10.2. The maximum absolute atomic E-state index is 13.0. The molecular formula is C25H23ClN2O. The Kier molecular flexibility index (Phi) is 5.68. The Labute approximate surface area is 175 Å². The molecule has 0 unspecified atom stereocenters. The summed E-state index contributed by atoms with van der Waals surface area (Å²) >= 11 is 6.09. The highest BCUT2D eigenvalue weighted by atomic mass is 35.5. The van der Waals surface area contributed by atoms with Gasteiger partial charge in [-0.1, -0.05) is 72.3 Å². The van der Waals surface area contributed by atoms with Gasteiger partial charge in [0, 0.05) is 34.5 Å². The van der Waals surface area contributed by atoms with Gasteiger partial charge in [-0.25, -0.2) is 0 Å². The Morgan fingerprint density at radius 1 is 0.931 bits per heavy atom. The number of fused-ring (bicyclic) bond motifs is 1. The van der Waals surface area contributed by atoms with E-state index in [1.54, 1.807) is 0 Å². The number of hydrogen-bond acceptors (Lipinski definition) is 1. The molecular weight excluding hydrogens is 380 g/mol. The summed E-state index contributed by atoms with van der Waals surface area (Å²) in [5.41, 5.74) is 4.35. The summed E-state index contributed by atoms with van der Waals surface area (Å²) in [6.07, 6.45) is 2.37. The average molecular weight is 403 g/mol. The molecule has 0 saturated carbocycles. The van der Waals surface area contributed by atoms with E-state index in [4.69, 9.17) is 11.6 Å². The summed E-state index contributed by atoms with van der Waals surface area (Å²) in [4.78, 5) is 16.3. The van der Waals surface area contributed by atoms with Crippen LogP contribution in [0.15, 0.2) is 85.1 Å². The van der Waals surface area contributed by atoms with Crippen molar-refractivity contribution in [1.29, 1.82) is 0 Å². The number of halogens is 1. The number of amides is 1. The molecule has 4 rings (SSSR count). The highest BCUT2D eigenvalue weighted by molar-refractivity contribution is 6.30. The Balaban J connectivity index is 1.62. The molecule has 0 radical (unpaired) electrons. The maximum Gasteiger partial charge on any atom is 0.221 e. The minimum Gasteiger partial charge on any atom is -0.361 e. The molecule has 4 heteroatoms. The van der Waals surface area contributed by atoms with Crippen LogP contribution >= 0.6 is 11.6 Å². The van der Waals surface area contributed by atoms with Gasteiger partial charge in [-0.3, -0.25) is 4.79 Å². The van der Waals surface area contributed by atoms with Crippen LogP contribution in [0, 0.1) is 0 Å². The number of hydrogen-bond donors (Lipinski definition) is 2. The Bertz CT molecular complexity index is 1100. The summed E-state index contributed by atoms with van der Waals surface area (Å²) in [7, 11) is 0. The minimum absolute atomic E-state index is 0.0200. The van der Waals surface area contributed by atoms with E-state index < -0.39 is 0 Å². The van der Waals surface area contributed by atoms with Gasteiger partial charge < -0.3 is 10.3 Å². The topological polar surface area (TPSA) is 44.9 Å². The van der Waals surface area contributed by atoms with Crippen LogP contribution in [0.1, 0.15) is 42.0 Å². The zero-order valence-corrected chi connectivity index (χ0v) is 17.0. The van der Waals surface area contributed by atoms with E-state index in [-0.39, 0.29) is 17.9 Å². The molecule has 0 saturated heterocycles. The molecule has 0 spiro atoms. The van der Waals surface area contributed by atoms with Crippen LogP contribution in [0.25, 0.3) is 10.9 Å². The third-order valence-corrected chi connectivity index (χ3v) is 5.59. The van der Waals surface area contributed by atoms with E-state index in [0.29, 0.717) is 11.4 Å². The smallest absolute Gasteiger partial charge is 0.221 e. The van der Waals surface area contributed by atoms with Crippen molar-refractivity contribution >= 4 is 28.4 Å². The van der Waals surface area contributed by atoms with E-state index in [9.17, 15) is 4.79 Å². The number of carbonyl (C=O) groups is 1. The van der Waals surface area contributed by atoms with Crippen molar-refractivity contribution in [2.75, 3.05) is 0 Å². The van der Waals surface area contributed by atoms with E-state index >= 15 is 0 Å². The molecule has 29 heavy (non-hydrogen) atoms. The van der Waals surface area contributed by atoms with Crippen LogP contribution in [0.2, 0.25) is 5.02 Å². The molecule has 0 aliphatic carbocycles. The number of carbonyl (C=O) groups excluding carboxylic acids is 1. The van der Waals surface area contributed by atoms with Gasteiger partial charge in [0.05, 0.1) is 6.04 Å². The molecule has 3 nitrogen and oxygen atoms in total. The second kappa shape index (κ2) is 8.54. The lowest BCUT2D eigenvalue weighted by Gasteiger charge is -2.20. The van der Waals surface area contributed by atoms with Crippen LogP contribution in [0.3, 0.4) is 0 Å². The molecule has 1 amide bonds. The third-order valence-electron chi connectivity index (χ3n) is 5.34. The summed E-state index contributed by atoms with van der Waals surface area (Å²) in [5.74, 6) is -0.0435. The molecule has 0 bridgehead atoms. The number of H-pyrrole nitrogens is 1. The molecule has 0 aliphatic rings. The number of nitrogens with one attached hydrogen (secondary N) is 2. The second-order valence-electron chi connectivity index (χ2n) is 7.30. The van der Waals surface area contributed by atoms with E-state index in [2.05, 4.69) is 22.4 Å². The van der Waals surface area contributed by atoms with Crippen molar-refractivity contribution in [2.24, 2.45) is 0 Å². The summed E-state index contributed by atoms with van der Waals surface area (Å²) in [6, 6.07) is 25.9. The van der Waals surface area contributed by atoms with E-state index in [1.807, 2.05) is 79.9 Å². The van der Waals surface area contributed by atoms with Crippen LogP contribution < -0.4 is 5.32 Å². The number of benzene rings is 3. The van der Waals surface area contributed by atoms with Crippen molar-refractivity contribution in [2.45, 2.75) is 25.3 Å². The van der Waals surface area contributed by atoms with Gasteiger partial charge in [0.25, 0.3) is 0 Å². The number of para-hydroxylation sites is 1.